The van der Waals surface area contributed by atoms with E-state index in [4.69, 9.17) is 4.98 Å². The Bertz CT molecular complexity index is 407. The lowest BCUT2D eigenvalue weighted by Crippen LogP contribution is -2.35. The highest BCUT2D eigenvalue weighted by Gasteiger charge is 2.17. The molecule has 0 aliphatic heterocycles. The van der Waals surface area contributed by atoms with Gasteiger partial charge in [0.2, 0.25) is 0 Å². The molecule has 0 unspecified atom stereocenters. The predicted molar refractivity (Wildman–Crippen MR) is 95.5 cm³/mol. The van der Waals surface area contributed by atoms with Crippen LogP contribution in [0.4, 0.5) is 5.13 Å². The first kappa shape index (κ1) is 18.4. The van der Waals surface area contributed by atoms with Crippen molar-refractivity contribution in [2.75, 3.05) is 18.0 Å². The molecule has 0 aliphatic rings. The van der Waals surface area contributed by atoms with Crippen LogP contribution in [-0.2, 0) is 13.0 Å². The van der Waals surface area contributed by atoms with Gasteiger partial charge in [0.05, 0.1) is 5.69 Å². The minimum atomic E-state index is 0.153. The molecule has 0 fully saturated rings. The lowest BCUT2D eigenvalue weighted by Gasteiger charge is -2.20. The molecule has 0 saturated heterocycles. The van der Waals surface area contributed by atoms with Gasteiger partial charge in [-0.3, -0.25) is 0 Å². The first-order chi connectivity index (χ1) is 9.91. The van der Waals surface area contributed by atoms with Gasteiger partial charge in [0, 0.05) is 30.1 Å². The SMILES string of the molecule is CCCCN(CC)c1nc(CCC)c(CNC(C)(C)C)s1. The highest BCUT2D eigenvalue weighted by Crippen LogP contribution is 2.28. The van der Waals surface area contributed by atoms with Gasteiger partial charge in [0.25, 0.3) is 0 Å². The van der Waals surface area contributed by atoms with Gasteiger partial charge in [-0.15, -0.1) is 11.3 Å². The highest BCUT2D eigenvalue weighted by molar-refractivity contribution is 7.15. The summed E-state index contributed by atoms with van der Waals surface area (Å²) in [4.78, 5) is 8.77. The average molecular weight is 312 g/mol. The molecule has 3 nitrogen and oxygen atoms in total. The van der Waals surface area contributed by atoms with Crippen LogP contribution < -0.4 is 10.2 Å². The summed E-state index contributed by atoms with van der Waals surface area (Å²) in [6.45, 7) is 16.5. The number of hydrogen-bond acceptors (Lipinski definition) is 4. The topological polar surface area (TPSA) is 28.2 Å². The molecule has 0 aromatic carbocycles. The van der Waals surface area contributed by atoms with Crippen molar-refractivity contribution in [3.8, 4) is 0 Å². The number of thiazole rings is 1. The second kappa shape index (κ2) is 8.74. The summed E-state index contributed by atoms with van der Waals surface area (Å²) in [5.74, 6) is 0. The van der Waals surface area contributed by atoms with Crippen LogP contribution in [0.1, 0.15) is 71.4 Å². The number of nitrogens with one attached hydrogen (secondary N) is 1. The molecule has 4 heteroatoms. The Morgan fingerprint density at radius 3 is 2.38 bits per heavy atom. The Morgan fingerprint density at radius 1 is 1.14 bits per heavy atom. The quantitative estimate of drug-likeness (QED) is 0.722. The summed E-state index contributed by atoms with van der Waals surface area (Å²) in [5, 5.41) is 4.81. The lowest BCUT2D eigenvalue weighted by atomic mass is 10.1. The fourth-order valence-electron chi connectivity index (χ4n) is 2.16. The number of nitrogens with zero attached hydrogens (tertiary/aromatic N) is 2. The summed E-state index contributed by atoms with van der Waals surface area (Å²) >= 11 is 1.88. The zero-order chi connectivity index (χ0) is 15.9. The maximum atomic E-state index is 4.93. The third-order valence-corrected chi connectivity index (χ3v) is 4.63. The van der Waals surface area contributed by atoms with E-state index in [2.05, 4.69) is 51.8 Å². The predicted octanol–water partition coefficient (Wildman–Crippen LogP) is 4.61. The minimum absolute atomic E-state index is 0.153. The molecule has 0 saturated carbocycles. The average Bonchev–Trinajstić information content (AvgIpc) is 2.80. The summed E-state index contributed by atoms with van der Waals surface area (Å²) in [5.41, 5.74) is 1.45. The third-order valence-electron chi connectivity index (χ3n) is 3.47. The van der Waals surface area contributed by atoms with Gasteiger partial charge in [-0.2, -0.15) is 0 Å². The third kappa shape index (κ3) is 6.35. The smallest absolute Gasteiger partial charge is 0.185 e. The van der Waals surface area contributed by atoms with Gasteiger partial charge < -0.3 is 10.2 Å². The van der Waals surface area contributed by atoms with Crippen molar-refractivity contribution in [1.29, 1.82) is 0 Å². The molecule has 0 spiro atoms. The van der Waals surface area contributed by atoms with Gasteiger partial charge in [-0.25, -0.2) is 4.98 Å². The molecule has 1 heterocycles. The van der Waals surface area contributed by atoms with Crippen LogP contribution in [0, 0.1) is 0 Å². The molecule has 0 bridgehead atoms. The molecular weight excluding hydrogens is 278 g/mol. The van der Waals surface area contributed by atoms with E-state index in [0.717, 1.165) is 32.5 Å². The standard InChI is InChI=1S/C17H33N3S/c1-7-10-12-20(9-3)16-19-14(11-8-2)15(21-16)13-18-17(4,5)6/h18H,7-13H2,1-6H3. The number of anilines is 1. The van der Waals surface area contributed by atoms with Crippen molar-refractivity contribution in [2.24, 2.45) is 0 Å². The van der Waals surface area contributed by atoms with E-state index in [1.165, 1.54) is 28.5 Å². The highest BCUT2D eigenvalue weighted by atomic mass is 32.1. The molecule has 1 N–H and O–H groups in total. The first-order valence-electron chi connectivity index (χ1n) is 8.39. The molecule has 0 radical (unpaired) electrons. The van der Waals surface area contributed by atoms with Gasteiger partial charge in [-0.05, 0) is 40.5 Å². The van der Waals surface area contributed by atoms with Crippen LogP contribution in [0.5, 0.6) is 0 Å². The van der Waals surface area contributed by atoms with Crippen LogP contribution in [0.3, 0.4) is 0 Å². The van der Waals surface area contributed by atoms with Crippen LogP contribution >= 0.6 is 11.3 Å². The van der Waals surface area contributed by atoms with E-state index in [0.29, 0.717) is 0 Å². The second-order valence-corrected chi connectivity index (χ2v) is 7.72. The summed E-state index contributed by atoms with van der Waals surface area (Å²) < 4.78 is 0. The van der Waals surface area contributed by atoms with Gasteiger partial charge >= 0.3 is 0 Å². The zero-order valence-electron chi connectivity index (χ0n) is 14.8. The van der Waals surface area contributed by atoms with E-state index in [1.54, 1.807) is 0 Å². The lowest BCUT2D eigenvalue weighted by molar-refractivity contribution is 0.425. The van der Waals surface area contributed by atoms with Crippen molar-refractivity contribution < 1.29 is 0 Å². The van der Waals surface area contributed by atoms with Gasteiger partial charge in [-0.1, -0.05) is 26.7 Å². The van der Waals surface area contributed by atoms with Crippen molar-refractivity contribution >= 4 is 16.5 Å². The van der Waals surface area contributed by atoms with Crippen molar-refractivity contribution in [1.82, 2.24) is 10.3 Å². The summed E-state index contributed by atoms with van der Waals surface area (Å²) in [6.07, 6.45) is 4.73. The van der Waals surface area contributed by atoms with Crippen LogP contribution in [-0.4, -0.2) is 23.6 Å². The number of rotatable bonds is 9. The molecular formula is C17H33N3S. The van der Waals surface area contributed by atoms with Gasteiger partial charge in [0.1, 0.15) is 0 Å². The van der Waals surface area contributed by atoms with Crippen molar-refractivity contribution in [2.45, 2.75) is 79.3 Å². The summed E-state index contributed by atoms with van der Waals surface area (Å²) in [6, 6.07) is 0. The van der Waals surface area contributed by atoms with E-state index >= 15 is 0 Å². The molecule has 1 aromatic heterocycles. The van der Waals surface area contributed by atoms with Crippen molar-refractivity contribution in [3.05, 3.63) is 10.6 Å². The number of aromatic nitrogens is 1. The Labute approximate surface area is 135 Å². The van der Waals surface area contributed by atoms with E-state index in [-0.39, 0.29) is 5.54 Å². The Kier molecular flexibility index (Phi) is 7.67. The number of aryl methyl sites for hydroxylation is 1. The molecule has 1 aromatic rings. The molecule has 1 rings (SSSR count). The molecule has 0 aliphatic carbocycles. The monoisotopic (exact) mass is 311 g/mol. The Hall–Kier alpha value is -0.610. The molecule has 0 amide bonds. The molecule has 0 atom stereocenters. The Morgan fingerprint density at radius 2 is 1.86 bits per heavy atom. The fraction of sp³-hybridized carbons (Fsp3) is 0.824. The Balaban J connectivity index is 2.86. The maximum Gasteiger partial charge on any atom is 0.185 e. The van der Waals surface area contributed by atoms with Crippen LogP contribution in [0.15, 0.2) is 0 Å². The number of hydrogen-bond donors (Lipinski definition) is 1. The van der Waals surface area contributed by atoms with E-state index < -0.39 is 0 Å². The molecule has 21 heavy (non-hydrogen) atoms. The van der Waals surface area contributed by atoms with Crippen molar-refractivity contribution in [3.63, 3.8) is 0 Å². The molecule has 122 valence electrons. The van der Waals surface area contributed by atoms with Gasteiger partial charge in [0.15, 0.2) is 5.13 Å². The second-order valence-electron chi connectivity index (χ2n) is 6.65. The largest absolute Gasteiger partial charge is 0.348 e. The van der Waals surface area contributed by atoms with E-state index in [9.17, 15) is 0 Å². The zero-order valence-corrected chi connectivity index (χ0v) is 15.6. The normalized spacial score (nSPS) is 11.9. The van der Waals surface area contributed by atoms with Crippen LogP contribution in [0.2, 0.25) is 0 Å². The van der Waals surface area contributed by atoms with E-state index in [1.807, 2.05) is 11.3 Å². The minimum Gasteiger partial charge on any atom is -0.348 e. The first-order valence-corrected chi connectivity index (χ1v) is 9.21. The number of unbranched alkanes of at least 4 members (excludes halogenated alkanes) is 1. The van der Waals surface area contributed by atoms with Crippen LogP contribution in [0.25, 0.3) is 0 Å². The summed E-state index contributed by atoms with van der Waals surface area (Å²) in [7, 11) is 0. The fourth-order valence-corrected chi connectivity index (χ4v) is 3.29. The maximum absolute atomic E-state index is 4.93.